The second-order valence-electron chi connectivity index (χ2n) is 3.61. The zero-order valence-corrected chi connectivity index (χ0v) is 11.4. The van der Waals surface area contributed by atoms with Gasteiger partial charge in [0.2, 0.25) is 0 Å². The van der Waals surface area contributed by atoms with Gasteiger partial charge in [0, 0.05) is 0 Å². The zero-order valence-electron chi connectivity index (χ0n) is 9.83. The molecule has 0 saturated carbocycles. The molecule has 2 aromatic rings. The molecule has 0 aliphatic carbocycles. The van der Waals surface area contributed by atoms with Crippen molar-refractivity contribution in [1.29, 1.82) is 5.26 Å². The molecule has 0 saturated heterocycles. The fraction of sp³-hybridized carbons (Fsp3) is 0.0909. The predicted octanol–water partition coefficient (Wildman–Crippen LogP) is 1.26. The summed E-state index contributed by atoms with van der Waals surface area (Å²) in [4.78, 5) is 22.4. The maximum atomic E-state index is 11.8. The van der Waals surface area contributed by atoms with Crippen molar-refractivity contribution in [2.24, 2.45) is 0 Å². The number of nitrogens with one attached hydrogen (secondary N) is 1. The third kappa shape index (κ3) is 2.84. The van der Waals surface area contributed by atoms with Gasteiger partial charge in [0.05, 0.1) is 28.1 Å². The highest BCUT2D eigenvalue weighted by atomic mass is 35.5. The number of hydrogen-bond donors (Lipinski definition) is 2. The fourth-order valence-corrected chi connectivity index (χ4v) is 2.35. The first-order valence-electron chi connectivity index (χ1n) is 5.25. The molecule has 7 nitrogen and oxygen atoms in total. The first-order valence-corrected chi connectivity index (χ1v) is 6.61. The van der Waals surface area contributed by atoms with Gasteiger partial charge in [-0.1, -0.05) is 23.4 Å². The van der Waals surface area contributed by atoms with Crippen molar-refractivity contribution in [2.75, 3.05) is 5.75 Å². The van der Waals surface area contributed by atoms with Crippen LogP contribution >= 0.6 is 23.4 Å². The third-order valence-corrected chi connectivity index (χ3v) is 3.53. The molecule has 0 atom stereocenters. The first-order chi connectivity index (χ1) is 9.52. The number of aromatic amines is 1. The van der Waals surface area contributed by atoms with Crippen LogP contribution in [0, 0.1) is 11.3 Å². The van der Waals surface area contributed by atoms with Crippen molar-refractivity contribution in [2.45, 2.75) is 5.16 Å². The maximum Gasteiger partial charge on any atom is 0.348 e. The molecule has 2 rings (SSSR count). The molecule has 0 unspecified atom stereocenters. The molecule has 0 spiro atoms. The topological polar surface area (TPSA) is 112 Å². The van der Waals surface area contributed by atoms with Gasteiger partial charge in [0.15, 0.2) is 5.16 Å². The summed E-state index contributed by atoms with van der Waals surface area (Å²) in [6, 6.07) is 6.38. The molecular formula is C11H7ClN4O3S. The summed E-state index contributed by atoms with van der Waals surface area (Å²) < 4.78 is 1.14. The summed E-state index contributed by atoms with van der Waals surface area (Å²) in [7, 11) is 0. The lowest BCUT2D eigenvalue weighted by molar-refractivity contribution is -0.133. The lowest BCUT2D eigenvalue weighted by Crippen LogP contribution is -2.16. The van der Waals surface area contributed by atoms with Crippen LogP contribution in [0.3, 0.4) is 0 Å². The second-order valence-corrected chi connectivity index (χ2v) is 4.96. The molecule has 0 amide bonds. The number of carbonyl (C=O) groups is 1. The van der Waals surface area contributed by atoms with Gasteiger partial charge >= 0.3 is 11.7 Å². The number of rotatable bonds is 4. The zero-order chi connectivity index (χ0) is 14.7. The van der Waals surface area contributed by atoms with Crippen molar-refractivity contribution < 1.29 is 9.90 Å². The Hall–Kier alpha value is -2.24. The molecular weight excluding hydrogens is 304 g/mol. The van der Waals surface area contributed by atoms with Gasteiger partial charge in [-0.2, -0.15) is 5.26 Å². The molecule has 0 radical (unpaired) electrons. The van der Waals surface area contributed by atoms with Gasteiger partial charge < -0.3 is 5.11 Å². The van der Waals surface area contributed by atoms with E-state index in [1.54, 1.807) is 0 Å². The van der Waals surface area contributed by atoms with Crippen LogP contribution in [0.1, 0.15) is 5.56 Å². The van der Waals surface area contributed by atoms with Gasteiger partial charge in [-0.3, -0.25) is 4.79 Å². The summed E-state index contributed by atoms with van der Waals surface area (Å²) >= 11 is 6.89. The van der Waals surface area contributed by atoms with Crippen LogP contribution in [-0.2, 0) is 4.79 Å². The Morgan fingerprint density at radius 1 is 1.60 bits per heavy atom. The van der Waals surface area contributed by atoms with Crippen LogP contribution in [0.5, 0.6) is 0 Å². The molecule has 1 heterocycles. The summed E-state index contributed by atoms with van der Waals surface area (Å²) in [5, 5.41) is 23.9. The Labute approximate surface area is 121 Å². The van der Waals surface area contributed by atoms with Crippen LogP contribution in [0.15, 0.2) is 28.2 Å². The quantitative estimate of drug-likeness (QED) is 0.822. The number of carboxylic acids is 1. The largest absolute Gasteiger partial charge is 0.481 e. The van der Waals surface area contributed by atoms with E-state index >= 15 is 0 Å². The Morgan fingerprint density at radius 2 is 2.35 bits per heavy atom. The van der Waals surface area contributed by atoms with E-state index in [1.165, 1.54) is 18.2 Å². The molecule has 20 heavy (non-hydrogen) atoms. The van der Waals surface area contributed by atoms with Crippen LogP contribution in [0.2, 0.25) is 5.02 Å². The molecule has 1 aromatic carbocycles. The van der Waals surface area contributed by atoms with Crippen LogP contribution in [0.25, 0.3) is 5.69 Å². The monoisotopic (exact) mass is 310 g/mol. The van der Waals surface area contributed by atoms with Crippen molar-refractivity contribution in [3.63, 3.8) is 0 Å². The number of nitriles is 1. The SMILES string of the molecule is N#Cc1ccc(Cl)c(-n2c(SCC(=O)O)n[nH]c2=O)c1. The molecule has 1 aromatic heterocycles. The van der Waals surface area contributed by atoms with Crippen LogP contribution in [-0.4, -0.2) is 31.6 Å². The van der Waals surface area contributed by atoms with Gasteiger partial charge in [-0.05, 0) is 18.2 Å². The van der Waals surface area contributed by atoms with E-state index in [1.807, 2.05) is 6.07 Å². The lowest BCUT2D eigenvalue weighted by atomic mass is 10.2. The highest BCUT2D eigenvalue weighted by Crippen LogP contribution is 2.24. The first kappa shape index (κ1) is 14.2. The number of benzene rings is 1. The summed E-state index contributed by atoms with van der Waals surface area (Å²) in [5.41, 5.74) is 0.0407. The van der Waals surface area contributed by atoms with E-state index in [0.717, 1.165) is 16.3 Å². The van der Waals surface area contributed by atoms with Crippen molar-refractivity contribution in [1.82, 2.24) is 14.8 Å². The van der Waals surface area contributed by atoms with Gasteiger partial charge in [-0.15, -0.1) is 5.10 Å². The van der Waals surface area contributed by atoms with E-state index in [-0.39, 0.29) is 21.6 Å². The van der Waals surface area contributed by atoms with Crippen LogP contribution in [0.4, 0.5) is 0 Å². The average molecular weight is 311 g/mol. The summed E-state index contributed by atoms with van der Waals surface area (Å²) in [6.07, 6.45) is 0. The molecule has 0 aliphatic heterocycles. The van der Waals surface area contributed by atoms with Crippen molar-refractivity contribution in [3.05, 3.63) is 39.3 Å². The molecule has 0 bridgehead atoms. The minimum absolute atomic E-state index is 0.161. The Kier molecular flexibility index (Phi) is 4.12. The van der Waals surface area contributed by atoms with Crippen molar-refractivity contribution in [3.8, 4) is 11.8 Å². The average Bonchev–Trinajstić information content (AvgIpc) is 2.78. The molecule has 0 aliphatic rings. The fourth-order valence-electron chi connectivity index (χ4n) is 1.47. The number of halogens is 1. The normalized spacial score (nSPS) is 10.2. The van der Waals surface area contributed by atoms with Crippen LogP contribution < -0.4 is 5.69 Å². The smallest absolute Gasteiger partial charge is 0.348 e. The highest BCUT2D eigenvalue weighted by molar-refractivity contribution is 7.99. The van der Waals surface area contributed by atoms with Gasteiger partial charge in [-0.25, -0.2) is 14.5 Å². The molecule has 2 N–H and O–H groups in total. The highest BCUT2D eigenvalue weighted by Gasteiger charge is 2.15. The Balaban J connectivity index is 2.52. The number of nitrogens with zero attached hydrogens (tertiary/aromatic N) is 3. The number of aromatic nitrogens is 3. The van der Waals surface area contributed by atoms with E-state index in [9.17, 15) is 9.59 Å². The summed E-state index contributed by atoms with van der Waals surface area (Å²) in [5.74, 6) is -1.28. The summed E-state index contributed by atoms with van der Waals surface area (Å²) in [6.45, 7) is 0. The number of hydrogen-bond acceptors (Lipinski definition) is 5. The standard InChI is InChI=1S/C11H7ClN4O3S/c12-7-2-1-6(4-13)3-8(7)16-10(19)14-15-11(16)20-5-9(17)18/h1-3H,5H2,(H,14,19)(H,17,18). The second kappa shape index (κ2) is 5.81. The maximum absolute atomic E-state index is 11.8. The molecule has 9 heteroatoms. The van der Waals surface area contributed by atoms with E-state index < -0.39 is 11.7 Å². The Morgan fingerprint density at radius 3 is 3.00 bits per heavy atom. The molecule has 102 valence electrons. The molecule has 0 fully saturated rings. The van der Waals surface area contributed by atoms with Gasteiger partial charge in [0.1, 0.15) is 0 Å². The van der Waals surface area contributed by atoms with E-state index in [2.05, 4.69) is 10.2 Å². The number of aliphatic carboxylic acids is 1. The number of thioether (sulfide) groups is 1. The van der Waals surface area contributed by atoms with Gasteiger partial charge in [0.25, 0.3) is 0 Å². The lowest BCUT2D eigenvalue weighted by Gasteiger charge is -2.07. The number of carboxylic acid groups (broad SMARTS) is 1. The minimum atomic E-state index is -1.03. The predicted molar refractivity (Wildman–Crippen MR) is 72.3 cm³/mol. The van der Waals surface area contributed by atoms with E-state index in [0.29, 0.717) is 5.56 Å². The van der Waals surface area contributed by atoms with Crippen molar-refractivity contribution >= 4 is 29.3 Å². The third-order valence-electron chi connectivity index (χ3n) is 2.28. The minimum Gasteiger partial charge on any atom is -0.481 e. The van der Waals surface area contributed by atoms with E-state index in [4.69, 9.17) is 22.0 Å². The number of H-pyrrole nitrogens is 1. The Bertz CT molecular complexity index is 762.